The second kappa shape index (κ2) is 4.20. The van der Waals surface area contributed by atoms with Crippen LogP contribution in [0.25, 0.3) is 5.69 Å². The first kappa shape index (κ1) is 11.9. The molecule has 1 aromatic carbocycles. The molecule has 2 aromatic rings. The van der Waals surface area contributed by atoms with E-state index in [1.54, 1.807) is 4.68 Å². The molecule has 0 saturated carbocycles. The fraction of sp³-hybridized carbons (Fsp3) is 0.273. The molecule has 0 radical (unpaired) electrons. The van der Waals surface area contributed by atoms with E-state index in [2.05, 4.69) is 5.21 Å². The molecule has 1 aromatic heterocycles. The molecule has 0 atom stereocenters. The molecular weight excluding hydrogens is 272 g/mol. The highest BCUT2D eigenvalue weighted by atomic mass is 35.5. The highest BCUT2D eigenvalue weighted by molar-refractivity contribution is 6.30. The van der Waals surface area contributed by atoms with Crippen molar-refractivity contribution in [2.24, 2.45) is 0 Å². The molecule has 7 nitrogen and oxygen atoms in total. The number of rotatable bonds is 2. The lowest BCUT2D eigenvalue weighted by Crippen LogP contribution is -2.37. The fourth-order valence-electron chi connectivity index (χ4n) is 2.23. The first-order chi connectivity index (χ1) is 9.08. The minimum Gasteiger partial charge on any atom is -0.838 e. The molecule has 0 amide bonds. The van der Waals surface area contributed by atoms with Gasteiger partial charge in [-0.3, -0.25) is 10.1 Å². The van der Waals surface area contributed by atoms with Crippen LogP contribution >= 0.6 is 11.6 Å². The molecule has 98 valence electrons. The first-order valence-electron chi connectivity index (χ1n) is 5.71. The number of hydrogen-bond donors (Lipinski definition) is 0. The van der Waals surface area contributed by atoms with Gasteiger partial charge in [-0.2, -0.15) is 0 Å². The van der Waals surface area contributed by atoms with E-state index in [0.717, 1.165) is 11.1 Å². The third-order valence-electron chi connectivity index (χ3n) is 3.09. The monoisotopic (exact) mass is 280 g/mol. The predicted molar refractivity (Wildman–Crippen MR) is 63.2 cm³/mol. The Balaban J connectivity index is 2.20. The van der Waals surface area contributed by atoms with Crippen molar-refractivity contribution in [3.8, 4) is 11.6 Å². The smallest absolute Gasteiger partial charge is 0.319 e. The second-order valence-corrected chi connectivity index (χ2v) is 4.71. The summed E-state index contributed by atoms with van der Waals surface area (Å²) in [4.78, 5) is 10.5. The summed E-state index contributed by atoms with van der Waals surface area (Å²) < 4.78 is 2.67. The Morgan fingerprint density at radius 3 is 2.95 bits per heavy atom. The zero-order valence-corrected chi connectivity index (χ0v) is 10.5. The summed E-state index contributed by atoms with van der Waals surface area (Å²) in [6.07, 6.45) is 1.53. The maximum absolute atomic E-state index is 12.1. The zero-order chi connectivity index (χ0) is 13.6. The number of hydrogen-bond acceptors (Lipinski definition) is 4. The number of nitro groups is 1. The molecule has 1 aliphatic rings. The van der Waals surface area contributed by atoms with Gasteiger partial charge in [-0.05, 0) is 18.6 Å². The number of fused-ring (bicyclic) bond motifs is 1. The number of aryl methyl sites for hydroxylation is 1. The van der Waals surface area contributed by atoms with E-state index in [1.807, 2.05) is 0 Å². The highest BCUT2D eigenvalue weighted by Crippen LogP contribution is 2.26. The minimum atomic E-state index is -0.571. The van der Waals surface area contributed by atoms with Crippen LogP contribution in [-0.2, 0) is 13.0 Å². The van der Waals surface area contributed by atoms with Crippen LogP contribution in [0, 0.1) is 10.1 Å². The molecule has 0 aliphatic carbocycles. The van der Waals surface area contributed by atoms with Crippen molar-refractivity contribution in [3.05, 3.63) is 39.0 Å². The lowest BCUT2D eigenvalue weighted by molar-refractivity contribution is -0.706. The summed E-state index contributed by atoms with van der Waals surface area (Å²) in [5, 5.41) is 27.5. The maximum Gasteiger partial charge on any atom is 0.319 e. The van der Waals surface area contributed by atoms with Crippen molar-refractivity contribution in [1.82, 2.24) is 9.90 Å². The van der Waals surface area contributed by atoms with Gasteiger partial charge >= 0.3 is 5.69 Å². The second-order valence-electron chi connectivity index (χ2n) is 4.27. The summed E-state index contributed by atoms with van der Waals surface area (Å²) >= 11 is 5.75. The number of aromatic nitrogens is 3. The highest BCUT2D eigenvalue weighted by Gasteiger charge is 2.29. The van der Waals surface area contributed by atoms with Crippen LogP contribution in [0.2, 0.25) is 5.02 Å². The van der Waals surface area contributed by atoms with E-state index in [4.69, 9.17) is 11.6 Å². The molecule has 0 unspecified atom stereocenters. The third-order valence-corrected chi connectivity index (χ3v) is 3.33. The molecule has 1 aliphatic heterocycles. The van der Waals surface area contributed by atoms with Crippen molar-refractivity contribution in [2.75, 3.05) is 0 Å². The van der Waals surface area contributed by atoms with E-state index < -0.39 is 4.92 Å². The standard InChI is InChI=1S/C11H9ClN4O3/c12-7-3-4-8(10(6-7)16(18)19)15-11(17)9-2-1-5-14(9)13-15/h3-4,6H,1-2,5H2. The molecule has 0 spiro atoms. The van der Waals surface area contributed by atoms with Crippen LogP contribution < -0.4 is 9.79 Å². The summed E-state index contributed by atoms with van der Waals surface area (Å²) in [7, 11) is 0. The van der Waals surface area contributed by atoms with Crippen molar-refractivity contribution in [2.45, 2.75) is 19.4 Å². The van der Waals surface area contributed by atoms with Crippen LogP contribution in [0.15, 0.2) is 18.2 Å². The Morgan fingerprint density at radius 2 is 2.26 bits per heavy atom. The van der Waals surface area contributed by atoms with E-state index >= 15 is 0 Å². The first-order valence-corrected chi connectivity index (χ1v) is 6.09. The average molecular weight is 281 g/mol. The van der Waals surface area contributed by atoms with Gasteiger partial charge in [0.15, 0.2) is 5.69 Å². The number of nitro benzene ring substituents is 1. The van der Waals surface area contributed by atoms with E-state index in [9.17, 15) is 15.2 Å². The number of benzene rings is 1. The van der Waals surface area contributed by atoms with Gasteiger partial charge in [0.1, 0.15) is 12.4 Å². The van der Waals surface area contributed by atoms with Gasteiger partial charge in [0.25, 0.3) is 0 Å². The quantitative estimate of drug-likeness (QED) is 0.461. The Kier molecular flexibility index (Phi) is 2.63. The molecule has 0 N–H and O–H groups in total. The summed E-state index contributed by atoms with van der Waals surface area (Å²) in [5.74, 6) is -0.303. The van der Waals surface area contributed by atoms with Gasteiger partial charge in [0, 0.05) is 17.5 Å². The average Bonchev–Trinajstić information content (AvgIpc) is 2.93. The zero-order valence-electron chi connectivity index (χ0n) is 9.74. The van der Waals surface area contributed by atoms with Crippen LogP contribution in [0.3, 0.4) is 0 Å². The lowest BCUT2D eigenvalue weighted by atomic mass is 10.2. The van der Waals surface area contributed by atoms with E-state index in [1.165, 1.54) is 18.2 Å². The van der Waals surface area contributed by atoms with Crippen LogP contribution in [0.1, 0.15) is 12.1 Å². The Morgan fingerprint density at radius 1 is 1.47 bits per heavy atom. The minimum absolute atomic E-state index is 0.140. The molecular formula is C11H9ClN4O3. The Bertz CT molecular complexity index is 683. The Labute approximate surface area is 112 Å². The topological polar surface area (TPSA) is 87.9 Å². The van der Waals surface area contributed by atoms with E-state index in [-0.39, 0.29) is 22.3 Å². The fourth-order valence-corrected chi connectivity index (χ4v) is 2.39. The van der Waals surface area contributed by atoms with Gasteiger partial charge in [0.05, 0.1) is 10.1 Å². The SMILES string of the molecule is O=[N+]([O-])c1cc(Cl)ccc1-[n+]1nn2c(c1[O-])CCC2. The van der Waals surface area contributed by atoms with Crippen molar-refractivity contribution < 1.29 is 14.7 Å². The number of halogens is 1. The largest absolute Gasteiger partial charge is 0.838 e. The third kappa shape index (κ3) is 1.82. The maximum atomic E-state index is 12.1. The van der Waals surface area contributed by atoms with Crippen molar-refractivity contribution in [1.29, 1.82) is 0 Å². The molecule has 0 fully saturated rings. The molecule has 0 saturated heterocycles. The van der Waals surface area contributed by atoms with Gasteiger partial charge in [-0.15, -0.1) is 9.36 Å². The van der Waals surface area contributed by atoms with Crippen LogP contribution in [-0.4, -0.2) is 14.8 Å². The van der Waals surface area contributed by atoms with Crippen molar-refractivity contribution in [3.63, 3.8) is 0 Å². The lowest BCUT2D eigenvalue weighted by Gasteiger charge is -2.03. The molecule has 19 heavy (non-hydrogen) atoms. The normalized spacial score (nSPS) is 13.5. The van der Waals surface area contributed by atoms with Gasteiger partial charge in [0.2, 0.25) is 5.69 Å². The van der Waals surface area contributed by atoms with Crippen LogP contribution in [0.4, 0.5) is 5.69 Å². The van der Waals surface area contributed by atoms with Crippen LogP contribution in [0.5, 0.6) is 5.88 Å². The van der Waals surface area contributed by atoms with Crippen molar-refractivity contribution >= 4 is 17.3 Å². The summed E-state index contributed by atoms with van der Waals surface area (Å²) in [5.41, 5.74) is 0.497. The molecule has 3 rings (SSSR count). The summed E-state index contributed by atoms with van der Waals surface area (Å²) in [6, 6.07) is 4.15. The van der Waals surface area contributed by atoms with Gasteiger partial charge in [-0.25, -0.2) is 0 Å². The molecule has 0 bridgehead atoms. The molecule has 2 heterocycles. The van der Waals surface area contributed by atoms with E-state index in [0.29, 0.717) is 18.7 Å². The van der Waals surface area contributed by atoms with Gasteiger partial charge in [-0.1, -0.05) is 11.6 Å². The Hall–Kier alpha value is -2.15. The molecule has 8 heteroatoms. The summed E-state index contributed by atoms with van der Waals surface area (Å²) in [6.45, 7) is 0.666. The predicted octanol–water partition coefficient (Wildman–Crippen LogP) is 0.741. The van der Waals surface area contributed by atoms with Gasteiger partial charge < -0.3 is 5.11 Å². The number of nitrogens with zero attached hydrogens (tertiary/aromatic N) is 4.